The summed E-state index contributed by atoms with van der Waals surface area (Å²) < 4.78 is 5.52. The van der Waals surface area contributed by atoms with Crippen LogP contribution in [0.4, 0.5) is 11.4 Å². The average Bonchev–Trinajstić information content (AvgIpc) is 2.78. The van der Waals surface area contributed by atoms with Gasteiger partial charge in [0.2, 0.25) is 0 Å². The number of non-ortho nitro benzene ring substituents is 1. The zero-order valence-electron chi connectivity index (χ0n) is 14.1. The third kappa shape index (κ3) is 4.11. The number of rotatable bonds is 4. The first-order chi connectivity index (χ1) is 12.5. The van der Waals surface area contributed by atoms with Crippen LogP contribution >= 0.6 is 23.4 Å². The topological polar surface area (TPSA) is 72.7 Å². The molecule has 1 aliphatic rings. The zero-order valence-corrected chi connectivity index (χ0v) is 15.6. The lowest BCUT2D eigenvalue weighted by atomic mass is 10.2. The molecule has 1 amide bonds. The third-order valence-electron chi connectivity index (χ3n) is 4.02. The van der Waals surface area contributed by atoms with Gasteiger partial charge in [-0.15, -0.1) is 11.8 Å². The summed E-state index contributed by atoms with van der Waals surface area (Å²) in [5.74, 6) is 0.0676. The fraction of sp³-hybridized carbons (Fsp3) is 0.278. The van der Waals surface area contributed by atoms with Crippen molar-refractivity contribution in [1.29, 1.82) is 0 Å². The Hall–Kier alpha value is -2.25. The molecule has 0 N–H and O–H groups in total. The van der Waals surface area contributed by atoms with E-state index in [0.717, 1.165) is 17.0 Å². The van der Waals surface area contributed by atoms with Gasteiger partial charge in [0.15, 0.2) is 6.61 Å². The molecule has 0 unspecified atom stereocenters. The van der Waals surface area contributed by atoms with Crippen molar-refractivity contribution in [2.24, 2.45) is 0 Å². The second kappa shape index (κ2) is 7.97. The first-order valence-electron chi connectivity index (χ1n) is 8.08. The minimum Gasteiger partial charge on any atom is -0.482 e. The van der Waals surface area contributed by atoms with Crippen molar-refractivity contribution in [3.63, 3.8) is 0 Å². The molecule has 26 heavy (non-hydrogen) atoms. The van der Waals surface area contributed by atoms with Crippen molar-refractivity contribution in [3.8, 4) is 5.75 Å². The minimum atomic E-state index is -0.534. The van der Waals surface area contributed by atoms with Gasteiger partial charge in [0.05, 0.1) is 15.6 Å². The standard InChI is InChI=1S/C18H17ClN2O4S/c1-12-8-9-20(15-4-2-3-5-17(15)26-12)18(22)11-25-16-7-6-13(21(23)24)10-14(16)19/h2-7,10,12H,8-9,11H2,1H3/t12-/m0/s1. The zero-order chi connectivity index (χ0) is 18.7. The van der Waals surface area contributed by atoms with Crippen LogP contribution in [0.1, 0.15) is 13.3 Å². The summed E-state index contributed by atoms with van der Waals surface area (Å²) in [4.78, 5) is 25.7. The number of anilines is 1. The van der Waals surface area contributed by atoms with E-state index in [4.69, 9.17) is 16.3 Å². The maximum Gasteiger partial charge on any atom is 0.271 e. The van der Waals surface area contributed by atoms with E-state index in [1.54, 1.807) is 16.7 Å². The lowest BCUT2D eigenvalue weighted by Crippen LogP contribution is -2.36. The van der Waals surface area contributed by atoms with Crippen LogP contribution in [0.5, 0.6) is 5.75 Å². The molecule has 1 aliphatic heterocycles. The van der Waals surface area contributed by atoms with E-state index in [0.29, 0.717) is 11.8 Å². The Kier molecular flexibility index (Phi) is 5.68. The highest BCUT2D eigenvalue weighted by Crippen LogP contribution is 2.37. The first kappa shape index (κ1) is 18.5. The van der Waals surface area contributed by atoms with Gasteiger partial charge >= 0.3 is 0 Å². The number of halogens is 1. The van der Waals surface area contributed by atoms with Crippen LogP contribution in [0.2, 0.25) is 5.02 Å². The highest BCUT2D eigenvalue weighted by Gasteiger charge is 2.24. The molecule has 6 nitrogen and oxygen atoms in total. The number of carbonyl (C=O) groups excluding carboxylic acids is 1. The van der Waals surface area contributed by atoms with E-state index in [1.807, 2.05) is 24.3 Å². The number of benzene rings is 2. The summed E-state index contributed by atoms with van der Waals surface area (Å²) in [5.41, 5.74) is 0.756. The molecule has 1 heterocycles. The van der Waals surface area contributed by atoms with Crippen molar-refractivity contribution >= 4 is 40.6 Å². The molecule has 0 radical (unpaired) electrons. The Balaban J connectivity index is 1.73. The van der Waals surface area contributed by atoms with Crippen LogP contribution in [0.15, 0.2) is 47.4 Å². The van der Waals surface area contributed by atoms with E-state index >= 15 is 0 Å². The van der Waals surface area contributed by atoms with Crippen molar-refractivity contribution in [1.82, 2.24) is 0 Å². The number of hydrogen-bond donors (Lipinski definition) is 0. The molecular weight excluding hydrogens is 376 g/mol. The maximum atomic E-state index is 12.7. The Morgan fingerprint density at radius 1 is 1.38 bits per heavy atom. The second-order valence-corrected chi connectivity index (χ2v) is 7.78. The smallest absolute Gasteiger partial charge is 0.271 e. The summed E-state index contributed by atoms with van der Waals surface area (Å²) in [6.07, 6.45) is 0.878. The molecule has 0 fully saturated rings. The summed E-state index contributed by atoms with van der Waals surface area (Å²) in [6.45, 7) is 2.56. The molecule has 0 saturated carbocycles. The number of amides is 1. The van der Waals surface area contributed by atoms with Crippen LogP contribution < -0.4 is 9.64 Å². The van der Waals surface area contributed by atoms with Gasteiger partial charge in [-0.3, -0.25) is 14.9 Å². The second-order valence-electron chi connectivity index (χ2n) is 5.89. The summed E-state index contributed by atoms with van der Waals surface area (Å²) in [5, 5.41) is 11.3. The molecular formula is C18H17ClN2O4S. The van der Waals surface area contributed by atoms with Gasteiger partial charge in [-0.05, 0) is 24.6 Å². The number of nitrogens with zero attached hydrogens (tertiary/aromatic N) is 2. The van der Waals surface area contributed by atoms with Crippen molar-refractivity contribution in [3.05, 3.63) is 57.6 Å². The van der Waals surface area contributed by atoms with Crippen LogP contribution in [0.3, 0.4) is 0 Å². The lowest BCUT2D eigenvalue weighted by molar-refractivity contribution is -0.384. The van der Waals surface area contributed by atoms with E-state index < -0.39 is 4.92 Å². The molecule has 0 spiro atoms. The molecule has 2 aromatic carbocycles. The van der Waals surface area contributed by atoms with Gasteiger partial charge in [-0.2, -0.15) is 0 Å². The normalized spacial score (nSPS) is 16.5. The molecule has 1 atom stereocenters. The number of para-hydroxylation sites is 1. The van der Waals surface area contributed by atoms with Gasteiger partial charge in [-0.1, -0.05) is 30.7 Å². The molecule has 0 aliphatic carbocycles. The average molecular weight is 393 g/mol. The van der Waals surface area contributed by atoms with Gasteiger partial charge in [0.1, 0.15) is 5.75 Å². The van der Waals surface area contributed by atoms with Crippen LogP contribution in [0.25, 0.3) is 0 Å². The third-order valence-corrected chi connectivity index (χ3v) is 5.55. The number of fused-ring (bicyclic) bond motifs is 1. The first-order valence-corrected chi connectivity index (χ1v) is 9.34. The maximum absolute atomic E-state index is 12.7. The highest BCUT2D eigenvalue weighted by molar-refractivity contribution is 8.00. The van der Waals surface area contributed by atoms with Crippen LogP contribution in [-0.2, 0) is 4.79 Å². The number of nitro groups is 1. The summed E-state index contributed by atoms with van der Waals surface area (Å²) in [7, 11) is 0. The number of hydrogen-bond acceptors (Lipinski definition) is 5. The predicted molar refractivity (Wildman–Crippen MR) is 102 cm³/mol. The molecule has 0 aromatic heterocycles. The van der Waals surface area contributed by atoms with E-state index in [9.17, 15) is 14.9 Å². The van der Waals surface area contributed by atoms with E-state index in [2.05, 4.69) is 6.92 Å². The number of carbonyl (C=O) groups is 1. The number of ether oxygens (including phenoxy) is 1. The largest absolute Gasteiger partial charge is 0.482 e. The number of nitro benzene ring substituents is 1. The fourth-order valence-corrected chi connectivity index (χ4v) is 4.03. The van der Waals surface area contributed by atoms with Crippen LogP contribution in [0, 0.1) is 10.1 Å². The van der Waals surface area contributed by atoms with Gasteiger partial charge in [0.25, 0.3) is 11.6 Å². The van der Waals surface area contributed by atoms with Crippen LogP contribution in [-0.4, -0.2) is 29.2 Å². The van der Waals surface area contributed by atoms with Gasteiger partial charge in [0, 0.05) is 28.8 Å². The number of thioether (sulfide) groups is 1. The monoisotopic (exact) mass is 392 g/mol. The SMILES string of the molecule is C[C@H]1CCN(C(=O)COc2ccc([N+](=O)[O-])cc2Cl)c2ccccc2S1. The minimum absolute atomic E-state index is 0.104. The molecule has 3 rings (SSSR count). The van der Waals surface area contributed by atoms with Crippen molar-refractivity contribution in [2.45, 2.75) is 23.5 Å². The molecule has 136 valence electrons. The molecule has 0 saturated heterocycles. The summed E-state index contributed by atoms with van der Waals surface area (Å²) >= 11 is 7.77. The Morgan fingerprint density at radius 2 is 2.15 bits per heavy atom. The predicted octanol–water partition coefficient (Wildman–Crippen LogP) is 4.54. The molecule has 0 bridgehead atoms. The van der Waals surface area contributed by atoms with Gasteiger partial charge in [-0.25, -0.2) is 0 Å². The molecule has 2 aromatic rings. The van der Waals surface area contributed by atoms with E-state index in [1.165, 1.54) is 18.2 Å². The summed E-state index contributed by atoms with van der Waals surface area (Å²) in [6, 6.07) is 11.7. The van der Waals surface area contributed by atoms with Crippen molar-refractivity contribution in [2.75, 3.05) is 18.1 Å². The fourth-order valence-electron chi connectivity index (χ4n) is 2.68. The highest BCUT2D eigenvalue weighted by atomic mass is 35.5. The Labute approximate surface area is 160 Å². The lowest BCUT2D eigenvalue weighted by Gasteiger charge is -2.22. The Bertz CT molecular complexity index is 846. The van der Waals surface area contributed by atoms with E-state index in [-0.39, 0.29) is 29.0 Å². The van der Waals surface area contributed by atoms with Gasteiger partial charge < -0.3 is 9.64 Å². The van der Waals surface area contributed by atoms with Crippen molar-refractivity contribution < 1.29 is 14.5 Å². The molecule has 8 heteroatoms. The quantitative estimate of drug-likeness (QED) is 0.564. The Morgan fingerprint density at radius 3 is 2.88 bits per heavy atom.